The highest BCUT2D eigenvalue weighted by Gasteiger charge is 2.06. The number of nitrogens with zero attached hydrogens (tertiary/aromatic N) is 2. The molecule has 0 saturated carbocycles. The number of thiazole rings is 1. The zero-order chi connectivity index (χ0) is 11.1. The van der Waals surface area contributed by atoms with Crippen LogP contribution in [0.3, 0.4) is 0 Å². The summed E-state index contributed by atoms with van der Waals surface area (Å²) in [6, 6.07) is 0.534. The molecule has 1 atom stereocenters. The molecule has 1 unspecified atom stereocenters. The number of hydrogen-bond acceptors (Lipinski definition) is 4. The zero-order valence-electron chi connectivity index (χ0n) is 9.86. The molecule has 0 aromatic carbocycles. The number of likely N-dealkylation sites (N-methyl/N-ethyl adjacent to an activating group) is 1. The Hall–Kier alpha value is -0.450. The molecule has 3 nitrogen and oxygen atoms in total. The largest absolute Gasteiger partial charge is 0.308 e. The van der Waals surface area contributed by atoms with Crippen LogP contribution in [0.4, 0.5) is 0 Å². The van der Waals surface area contributed by atoms with Crippen LogP contribution in [0.25, 0.3) is 0 Å². The third-order valence-electron chi connectivity index (χ3n) is 2.53. The predicted octanol–water partition coefficient (Wildman–Crippen LogP) is 1.96. The van der Waals surface area contributed by atoms with E-state index in [1.54, 1.807) is 11.3 Å². The van der Waals surface area contributed by atoms with Gasteiger partial charge in [0.25, 0.3) is 0 Å². The van der Waals surface area contributed by atoms with E-state index in [1.807, 2.05) is 11.7 Å². The van der Waals surface area contributed by atoms with Gasteiger partial charge in [-0.25, -0.2) is 0 Å². The van der Waals surface area contributed by atoms with Crippen LogP contribution in [0.15, 0.2) is 11.7 Å². The first-order chi connectivity index (χ1) is 7.26. The quantitative estimate of drug-likeness (QED) is 0.772. The number of rotatable bonds is 7. The normalized spacial score (nSPS) is 13.3. The van der Waals surface area contributed by atoms with Crippen molar-refractivity contribution in [2.45, 2.75) is 33.4 Å². The average molecular weight is 227 g/mol. The van der Waals surface area contributed by atoms with Gasteiger partial charge in [-0.15, -0.1) is 11.3 Å². The smallest absolute Gasteiger partial charge is 0.0794 e. The van der Waals surface area contributed by atoms with Crippen molar-refractivity contribution in [3.05, 3.63) is 16.6 Å². The summed E-state index contributed by atoms with van der Waals surface area (Å²) in [6.07, 6.45) is 1.93. The van der Waals surface area contributed by atoms with Gasteiger partial charge in [-0.2, -0.15) is 0 Å². The molecule has 1 heterocycles. The minimum Gasteiger partial charge on any atom is -0.308 e. The fourth-order valence-corrected chi connectivity index (χ4v) is 2.08. The van der Waals surface area contributed by atoms with Crippen molar-refractivity contribution in [3.63, 3.8) is 0 Å². The summed E-state index contributed by atoms with van der Waals surface area (Å²) >= 11 is 1.71. The number of nitrogens with one attached hydrogen (secondary N) is 1. The maximum absolute atomic E-state index is 4.06. The van der Waals surface area contributed by atoms with E-state index in [0.717, 1.165) is 26.2 Å². The van der Waals surface area contributed by atoms with Gasteiger partial charge >= 0.3 is 0 Å². The van der Waals surface area contributed by atoms with Crippen molar-refractivity contribution in [1.29, 1.82) is 0 Å². The second-order valence-corrected chi connectivity index (χ2v) is 4.71. The molecular formula is C11H21N3S. The van der Waals surface area contributed by atoms with Gasteiger partial charge in [0.2, 0.25) is 0 Å². The standard InChI is InChI=1S/C11H21N3S/c1-4-14(5-2)8-10(3)13-7-11-6-12-9-15-11/h6,9-10,13H,4-5,7-8H2,1-3H3. The molecule has 1 aromatic heterocycles. The number of hydrogen-bond donors (Lipinski definition) is 1. The summed E-state index contributed by atoms with van der Waals surface area (Å²) in [6.45, 7) is 11.0. The Labute approximate surface area is 96.5 Å². The molecule has 0 spiro atoms. The molecule has 1 rings (SSSR count). The van der Waals surface area contributed by atoms with Crippen LogP contribution in [0, 0.1) is 0 Å². The lowest BCUT2D eigenvalue weighted by molar-refractivity contribution is 0.271. The minimum atomic E-state index is 0.534. The molecule has 4 heteroatoms. The van der Waals surface area contributed by atoms with E-state index in [1.165, 1.54) is 4.88 Å². The highest BCUT2D eigenvalue weighted by Crippen LogP contribution is 2.04. The topological polar surface area (TPSA) is 28.2 Å². The Morgan fingerprint density at radius 3 is 2.73 bits per heavy atom. The van der Waals surface area contributed by atoms with Crippen molar-refractivity contribution in [1.82, 2.24) is 15.2 Å². The van der Waals surface area contributed by atoms with Crippen LogP contribution in [0.2, 0.25) is 0 Å². The summed E-state index contributed by atoms with van der Waals surface area (Å²) in [5, 5.41) is 3.51. The SMILES string of the molecule is CCN(CC)CC(C)NCc1cncs1. The summed E-state index contributed by atoms with van der Waals surface area (Å²) in [5.41, 5.74) is 1.88. The monoisotopic (exact) mass is 227 g/mol. The molecule has 1 aromatic rings. The lowest BCUT2D eigenvalue weighted by Crippen LogP contribution is -2.38. The summed E-state index contributed by atoms with van der Waals surface area (Å²) in [4.78, 5) is 7.80. The van der Waals surface area contributed by atoms with E-state index in [-0.39, 0.29) is 0 Å². The summed E-state index contributed by atoms with van der Waals surface area (Å²) in [7, 11) is 0. The molecule has 1 N–H and O–H groups in total. The van der Waals surface area contributed by atoms with Crippen LogP contribution in [-0.4, -0.2) is 35.6 Å². The minimum absolute atomic E-state index is 0.534. The fourth-order valence-electron chi connectivity index (χ4n) is 1.54. The molecule has 0 amide bonds. The first-order valence-electron chi connectivity index (χ1n) is 5.59. The second-order valence-electron chi connectivity index (χ2n) is 3.74. The first kappa shape index (κ1) is 12.6. The van der Waals surface area contributed by atoms with E-state index in [9.17, 15) is 0 Å². The van der Waals surface area contributed by atoms with Crippen molar-refractivity contribution in [2.75, 3.05) is 19.6 Å². The van der Waals surface area contributed by atoms with Crippen LogP contribution >= 0.6 is 11.3 Å². The van der Waals surface area contributed by atoms with Crippen molar-refractivity contribution >= 4 is 11.3 Å². The third-order valence-corrected chi connectivity index (χ3v) is 3.31. The highest BCUT2D eigenvalue weighted by atomic mass is 32.1. The van der Waals surface area contributed by atoms with Crippen LogP contribution < -0.4 is 5.32 Å². The molecule has 0 saturated heterocycles. The van der Waals surface area contributed by atoms with Crippen LogP contribution in [0.1, 0.15) is 25.6 Å². The Bertz CT molecular complexity index is 244. The Morgan fingerprint density at radius 2 is 2.20 bits per heavy atom. The molecule has 15 heavy (non-hydrogen) atoms. The maximum Gasteiger partial charge on any atom is 0.0794 e. The molecule has 0 radical (unpaired) electrons. The van der Waals surface area contributed by atoms with Gasteiger partial charge in [0, 0.05) is 30.2 Å². The summed E-state index contributed by atoms with van der Waals surface area (Å²) in [5.74, 6) is 0. The van der Waals surface area contributed by atoms with Gasteiger partial charge in [-0.05, 0) is 20.0 Å². The van der Waals surface area contributed by atoms with E-state index >= 15 is 0 Å². The number of aromatic nitrogens is 1. The Morgan fingerprint density at radius 1 is 1.47 bits per heavy atom. The van der Waals surface area contributed by atoms with Crippen LogP contribution in [-0.2, 0) is 6.54 Å². The van der Waals surface area contributed by atoms with Gasteiger partial charge in [-0.3, -0.25) is 4.98 Å². The molecular weight excluding hydrogens is 206 g/mol. The Kier molecular flexibility index (Phi) is 5.83. The maximum atomic E-state index is 4.06. The fraction of sp³-hybridized carbons (Fsp3) is 0.727. The first-order valence-corrected chi connectivity index (χ1v) is 6.47. The lowest BCUT2D eigenvalue weighted by atomic mass is 10.3. The van der Waals surface area contributed by atoms with Gasteiger partial charge < -0.3 is 10.2 Å². The van der Waals surface area contributed by atoms with Gasteiger partial charge in [0.05, 0.1) is 5.51 Å². The Balaban J connectivity index is 2.21. The van der Waals surface area contributed by atoms with Crippen molar-refractivity contribution in [2.24, 2.45) is 0 Å². The molecule has 0 aliphatic carbocycles. The molecule has 0 aliphatic heterocycles. The van der Waals surface area contributed by atoms with Gasteiger partial charge in [0.15, 0.2) is 0 Å². The second kappa shape index (κ2) is 6.93. The van der Waals surface area contributed by atoms with E-state index in [2.05, 4.69) is 36.0 Å². The molecule has 0 fully saturated rings. The van der Waals surface area contributed by atoms with Crippen molar-refractivity contribution < 1.29 is 0 Å². The van der Waals surface area contributed by atoms with E-state index < -0.39 is 0 Å². The lowest BCUT2D eigenvalue weighted by Gasteiger charge is -2.23. The molecule has 0 bridgehead atoms. The van der Waals surface area contributed by atoms with E-state index in [4.69, 9.17) is 0 Å². The summed E-state index contributed by atoms with van der Waals surface area (Å²) < 4.78 is 0. The van der Waals surface area contributed by atoms with Gasteiger partial charge in [0.1, 0.15) is 0 Å². The predicted molar refractivity (Wildman–Crippen MR) is 66.2 cm³/mol. The van der Waals surface area contributed by atoms with Crippen LogP contribution in [0.5, 0.6) is 0 Å². The molecule has 0 aliphatic rings. The molecule has 86 valence electrons. The van der Waals surface area contributed by atoms with E-state index in [0.29, 0.717) is 6.04 Å². The van der Waals surface area contributed by atoms with Crippen molar-refractivity contribution in [3.8, 4) is 0 Å². The zero-order valence-corrected chi connectivity index (χ0v) is 10.7. The highest BCUT2D eigenvalue weighted by molar-refractivity contribution is 7.09. The third kappa shape index (κ3) is 4.73. The van der Waals surface area contributed by atoms with Gasteiger partial charge in [-0.1, -0.05) is 13.8 Å². The average Bonchev–Trinajstić information content (AvgIpc) is 2.75.